The number of halogens is 1. The molecule has 0 N–H and O–H groups in total. The summed E-state index contributed by atoms with van der Waals surface area (Å²) in [5, 5.41) is -0.294. The third-order valence-corrected chi connectivity index (χ3v) is 6.37. The highest BCUT2D eigenvalue weighted by atomic mass is 35.5. The van der Waals surface area contributed by atoms with Gasteiger partial charge in [0.25, 0.3) is 0 Å². The fourth-order valence-corrected chi connectivity index (χ4v) is 3.57. The molecule has 0 radical (unpaired) electrons. The molecule has 0 fully saturated rings. The Labute approximate surface area is 198 Å². The Bertz CT molecular complexity index is 784. The van der Waals surface area contributed by atoms with Gasteiger partial charge in [0, 0.05) is 12.8 Å². The van der Waals surface area contributed by atoms with E-state index in [4.69, 9.17) is 21.1 Å². The molecule has 0 spiro atoms. The Balaban J connectivity index is 2.04. The van der Waals surface area contributed by atoms with E-state index in [0.717, 1.165) is 30.4 Å². The van der Waals surface area contributed by atoms with Crippen LogP contribution >= 0.6 is 11.6 Å². The molecule has 176 valence electrons. The van der Waals surface area contributed by atoms with Gasteiger partial charge in [0.1, 0.15) is 6.61 Å². The van der Waals surface area contributed by atoms with Crippen LogP contribution in [0.5, 0.6) is 0 Å². The molecular weight excluding hydrogens is 424 g/mol. The maximum absolute atomic E-state index is 13.0. The van der Waals surface area contributed by atoms with Crippen LogP contribution < -0.4 is 0 Å². The summed E-state index contributed by atoms with van der Waals surface area (Å²) in [6.07, 6.45) is 12.4. The summed E-state index contributed by atoms with van der Waals surface area (Å²) in [4.78, 5) is 25.6. The van der Waals surface area contributed by atoms with Crippen LogP contribution in [0.25, 0.3) is 5.57 Å². The van der Waals surface area contributed by atoms with Crippen molar-refractivity contribution in [1.82, 2.24) is 0 Å². The van der Waals surface area contributed by atoms with Crippen molar-refractivity contribution in [2.75, 3.05) is 6.61 Å². The van der Waals surface area contributed by atoms with Crippen LogP contribution in [-0.4, -0.2) is 29.5 Å². The summed E-state index contributed by atoms with van der Waals surface area (Å²) in [6.45, 7) is 6.20. The second-order valence-electron chi connectivity index (χ2n) is 8.80. The van der Waals surface area contributed by atoms with Crippen LogP contribution in [0, 0.1) is 5.92 Å². The molecule has 0 aromatic heterocycles. The van der Waals surface area contributed by atoms with E-state index in [1.54, 1.807) is 6.08 Å². The number of hydrogen-bond donors (Lipinski definition) is 0. The molecule has 0 heterocycles. The molecule has 1 aliphatic rings. The van der Waals surface area contributed by atoms with Crippen molar-refractivity contribution in [3.05, 3.63) is 54.1 Å². The van der Waals surface area contributed by atoms with Gasteiger partial charge >= 0.3 is 11.9 Å². The van der Waals surface area contributed by atoms with Crippen molar-refractivity contribution >= 4 is 29.1 Å². The molecule has 0 bridgehead atoms. The zero-order chi connectivity index (χ0) is 23.4. The largest absolute Gasteiger partial charge is 0.461 e. The molecule has 32 heavy (non-hydrogen) atoms. The van der Waals surface area contributed by atoms with Crippen molar-refractivity contribution in [3.8, 4) is 0 Å². The third-order valence-electron chi connectivity index (χ3n) is 5.74. The van der Waals surface area contributed by atoms with Gasteiger partial charge in [0.2, 0.25) is 5.60 Å². The van der Waals surface area contributed by atoms with E-state index in [-0.39, 0.29) is 30.3 Å². The van der Waals surface area contributed by atoms with Crippen LogP contribution in [0.2, 0.25) is 0 Å². The van der Waals surface area contributed by atoms with Crippen molar-refractivity contribution in [1.29, 1.82) is 0 Å². The first-order valence-corrected chi connectivity index (χ1v) is 12.3. The first-order chi connectivity index (χ1) is 15.4. The molecule has 0 saturated carbocycles. The number of carbonyl (C=O) groups is 2. The number of allylic oxidation sites excluding steroid dienone is 2. The summed E-state index contributed by atoms with van der Waals surface area (Å²) in [6, 6.07) is 9.90. The fourth-order valence-electron chi connectivity index (χ4n) is 3.51. The highest BCUT2D eigenvalue weighted by molar-refractivity contribution is 6.21. The summed E-state index contributed by atoms with van der Waals surface area (Å²) in [7, 11) is 0. The first-order valence-electron chi connectivity index (χ1n) is 11.9. The average molecular weight is 461 g/mol. The predicted molar refractivity (Wildman–Crippen MR) is 130 cm³/mol. The number of ether oxygens (including phenoxy) is 2. The lowest BCUT2D eigenvalue weighted by atomic mass is 9.89. The molecule has 0 saturated heterocycles. The molecule has 1 aromatic rings. The normalized spacial score (nSPS) is 18.8. The monoisotopic (exact) mass is 460 g/mol. The summed E-state index contributed by atoms with van der Waals surface area (Å²) in [5.74, 6) is -0.771. The van der Waals surface area contributed by atoms with Gasteiger partial charge in [0.15, 0.2) is 0 Å². The molecule has 5 heteroatoms. The number of unbranched alkanes of at least 4 members (excludes halogenated alkanes) is 5. The number of rotatable bonds is 13. The van der Waals surface area contributed by atoms with E-state index in [0.29, 0.717) is 6.42 Å². The van der Waals surface area contributed by atoms with Gasteiger partial charge in [-0.2, -0.15) is 0 Å². The highest BCUT2D eigenvalue weighted by Gasteiger charge is 2.42. The first kappa shape index (κ1) is 26.2. The number of esters is 2. The van der Waals surface area contributed by atoms with Crippen molar-refractivity contribution in [2.45, 2.75) is 83.1 Å². The molecule has 4 nitrogen and oxygen atoms in total. The summed E-state index contributed by atoms with van der Waals surface area (Å²) >= 11 is 6.26. The molecule has 2 rings (SSSR count). The Morgan fingerprint density at radius 3 is 2.38 bits per heavy atom. The Hall–Kier alpha value is -2.07. The molecule has 1 aromatic carbocycles. The topological polar surface area (TPSA) is 52.6 Å². The van der Waals surface area contributed by atoms with Gasteiger partial charge in [-0.3, -0.25) is 4.79 Å². The minimum absolute atomic E-state index is 0.0812. The van der Waals surface area contributed by atoms with E-state index < -0.39 is 11.6 Å². The Morgan fingerprint density at radius 1 is 1.06 bits per heavy atom. The maximum atomic E-state index is 13.0. The SMILES string of the molecule is CCCCCCCCC(=O)OC1(C(=O)OC[C@@H](Cl)C(C)C)C=CC(c2ccccc2)=CC1. The standard InChI is InChI=1S/C27H37ClO4/c1-4-5-6-7-8-12-15-25(29)32-27(26(30)31-20-24(28)21(2)3)18-16-23(17-19-27)22-13-10-9-11-14-22/h9-11,13-14,16-18,21,24H,4-8,12,15,19-20H2,1-3H3/t24-,27?/m1/s1. The number of benzene rings is 1. The van der Waals surface area contributed by atoms with Crippen LogP contribution in [0.3, 0.4) is 0 Å². The Morgan fingerprint density at radius 2 is 1.75 bits per heavy atom. The van der Waals surface area contributed by atoms with E-state index in [9.17, 15) is 9.59 Å². The van der Waals surface area contributed by atoms with Gasteiger partial charge < -0.3 is 9.47 Å². The molecule has 1 unspecified atom stereocenters. The van der Waals surface area contributed by atoms with Crippen LogP contribution in [0.4, 0.5) is 0 Å². The average Bonchev–Trinajstić information content (AvgIpc) is 2.80. The fraction of sp³-hybridized carbons (Fsp3) is 0.556. The number of hydrogen-bond acceptors (Lipinski definition) is 4. The van der Waals surface area contributed by atoms with Gasteiger partial charge in [-0.15, -0.1) is 11.6 Å². The second kappa shape index (κ2) is 13.5. The molecule has 1 aliphatic carbocycles. The lowest BCUT2D eigenvalue weighted by Crippen LogP contribution is -2.44. The number of carbonyl (C=O) groups excluding carboxylic acids is 2. The minimum Gasteiger partial charge on any atom is -0.461 e. The summed E-state index contributed by atoms with van der Waals surface area (Å²) in [5.41, 5.74) is 0.591. The van der Waals surface area contributed by atoms with Gasteiger partial charge in [0.05, 0.1) is 5.38 Å². The van der Waals surface area contributed by atoms with E-state index >= 15 is 0 Å². The van der Waals surface area contributed by atoms with Crippen molar-refractivity contribution in [3.63, 3.8) is 0 Å². The summed E-state index contributed by atoms with van der Waals surface area (Å²) < 4.78 is 11.2. The lowest BCUT2D eigenvalue weighted by Gasteiger charge is -2.30. The third kappa shape index (κ3) is 8.12. The van der Waals surface area contributed by atoms with Crippen LogP contribution in [-0.2, 0) is 19.1 Å². The Kier molecular flexibility index (Phi) is 11.0. The van der Waals surface area contributed by atoms with E-state index in [2.05, 4.69) is 6.92 Å². The van der Waals surface area contributed by atoms with Gasteiger partial charge in [-0.25, -0.2) is 4.79 Å². The van der Waals surface area contributed by atoms with Gasteiger partial charge in [-0.05, 0) is 29.6 Å². The second-order valence-corrected chi connectivity index (χ2v) is 9.36. The smallest absolute Gasteiger partial charge is 0.355 e. The zero-order valence-electron chi connectivity index (χ0n) is 19.6. The maximum Gasteiger partial charge on any atom is 0.355 e. The molecule has 0 aliphatic heterocycles. The van der Waals surface area contributed by atoms with E-state index in [1.807, 2.05) is 56.3 Å². The van der Waals surface area contributed by atoms with Crippen LogP contribution in [0.1, 0.15) is 77.7 Å². The van der Waals surface area contributed by atoms with Gasteiger partial charge in [-0.1, -0.05) is 95.4 Å². The molecular formula is C27H37ClO4. The zero-order valence-corrected chi connectivity index (χ0v) is 20.4. The quantitative estimate of drug-likeness (QED) is 0.183. The van der Waals surface area contributed by atoms with E-state index in [1.165, 1.54) is 19.3 Å². The van der Waals surface area contributed by atoms with Crippen molar-refractivity contribution in [2.24, 2.45) is 5.92 Å². The highest BCUT2D eigenvalue weighted by Crippen LogP contribution is 2.31. The number of alkyl halides is 1. The van der Waals surface area contributed by atoms with Crippen LogP contribution in [0.15, 0.2) is 48.6 Å². The molecule has 2 atom stereocenters. The van der Waals surface area contributed by atoms with Crippen molar-refractivity contribution < 1.29 is 19.1 Å². The lowest BCUT2D eigenvalue weighted by molar-refractivity contribution is -0.177. The predicted octanol–water partition coefficient (Wildman–Crippen LogP) is 6.87. The minimum atomic E-state index is -1.44. The molecule has 0 amide bonds.